The summed E-state index contributed by atoms with van der Waals surface area (Å²) in [5, 5.41) is 22.1. The first kappa shape index (κ1) is 7.23. The zero-order valence-electron chi connectivity index (χ0n) is 6.30. The van der Waals surface area contributed by atoms with Crippen molar-refractivity contribution in [3.05, 3.63) is 11.4 Å². The summed E-state index contributed by atoms with van der Waals surface area (Å²) in [7, 11) is 1.73. The first-order valence-corrected chi connectivity index (χ1v) is 4.16. The molecule has 0 aliphatic carbocycles. The zero-order valence-corrected chi connectivity index (χ0v) is 7.12. The Morgan fingerprint density at radius 2 is 2.42 bits per heavy atom. The van der Waals surface area contributed by atoms with Crippen LogP contribution in [0.4, 0.5) is 0 Å². The van der Waals surface area contributed by atoms with Gasteiger partial charge in [0.15, 0.2) is 5.82 Å². The van der Waals surface area contributed by atoms with Gasteiger partial charge < -0.3 is 5.11 Å². The van der Waals surface area contributed by atoms with E-state index in [1.165, 1.54) is 16.0 Å². The van der Waals surface area contributed by atoms with Crippen LogP contribution in [0.1, 0.15) is 0 Å². The Kier molecular flexibility index (Phi) is 1.54. The van der Waals surface area contributed by atoms with E-state index >= 15 is 0 Å². The molecule has 12 heavy (non-hydrogen) atoms. The van der Waals surface area contributed by atoms with Crippen LogP contribution in [0.15, 0.2) is 11.4 Å². The van der Waals surface area contributed by atoms with E-state index in [-0.39, 0.29) is 5.75 Å². The molecule has 0 saturated heterocycles. The molecule has 0 unspecified atom stereocenters. The van der Waals surface area contributed by atoms with Crippen LogP contribution in [0.2, 0.25) is 0 Å². The molecule has 0 saturated carbocycles. The lowest BCUT2D eigenvalue weighted by molar-refractivity contribution is 0.479. The first-order chi connectivity index (χ1) is 5.79. The topological polar surface area (TPSA) is 63.8 Å². The molecule has 2 aromatic rings. The number of aryl methyl sites for hydroxylation is 1. The molecule has 0 radical (unpaired) electrons. The maximum Gasteiger partial charge on any atom is 0.195 e. The molecule has 0 atom stereocenters. The fourth-order valence-electron chi connectivity index (χ4n) is 0.892. The second-order valence-corrected chi connectivity index (χ2v) is 3.18. The lowest BCUT2D eigenvalue weighted by Gasteiger charge is -1.93. The minimum Gasteiger partial charge on any atom is -0.506 e. The first-order valence-electron chi connectivity index (χ1n) is 3.28. The smallest absolute Gasteiger partial charge is 0.195 e. The van der Waals surface area contributed by atoms with Gasteiger partial charge >= 0.3 is 0 Å². The van der Waals surface area contributed by atoms with Crippen molar-refractivity contribution in [2.24, 2.45) is 7.05 Å². The fourth-order valence-corrected chi connectivity index (χ4v) is 1.69. The van der Waals surface area contributed by atoms with E-state index < -0.39 is 0 Å². The number of nitrogens with zero attached hydrogens (tertiary/aromatic N) is 4. The molecule has 0 spiro atoms. The van der Waals surface area contributed by atoms with E-state index in [1.54, 1.807) is 18.5 Å². The third kappa shape index (κ3) is 0.964. The Hall–Kier alpha value is -1.43. The molecule has 62 valence electrons. The van der Waals surface area contributed by atoms with Crippen LogP contribution < -0.4 is 0 Å². The van der Waals surface area contributed by atoms with Crippen molar-refractivity contribution in [2.75, 3.05) is 0 Å². The van der Waals surface area contributed by atoms with Gasteiger partial charge in [0.05, 0.1) is 0 Å². The molecule has 2 aromatic heterocycles. The SMILES string of the molecule is Cn1nnnc1-c1sccc1O. The van der Waals surface area contributed by atoms with E-state index in [9.17, 15) is 5.11 Å². The molecular weight excluding hydrogens is 176 g/mol. The molecule has 0 bridgehead atoms. The molecule has 6 heteroatoms. The number of aromatic hydroxyl groups is 1. The summed E-state index contributed by atoms with van der Waals surface area (Å²) >= 11 is 1.41. The minimum atomic E-state index is 0.220. The molecule has 2 rings (SSSR count). The molecular formula is C6H6N4OS. The van der Waals surface area contributed by atoms with E-state index in [1.807, 2.05) is 0 Å². The summed E-state index contributed by atoms with van der Waals surface area (Å²) in [6.07, 6.45) is 0. The van der Waals surface area contributed by atoms with Gasteiger partial charge in [-0.15, -0.1) is 16.4 Å². The van der Waals surface area contributed by atoms with Crippen LogP contribution in [0.5, 0.6) is 5.75 Å². The normalized spacial score (nSPS) is 10.4. The highest BCUT2D eigenvalue weighted by Gasteiger charge is 2.11. The predicted molar refractivity (Wildman–Crippen MR) is 43.8 cm³/mol. The monoisotopic (exact) mass is 182 g/mol. The van der Waals surface area contributed by atoms with Gasteiger partial charge in [-0.05, 0) is 21.9 Å². The molecule has 0 aromatic carbocycles. The van der Waals surface area contributed by atoms with E-state index in [0.717, 1.165) is 0 Å². The maximum atomic E-state index is 9.35. The molecule has 0 amide bonds. The highest BCUT2D eigenvalue weighted by Crippen LogP contribution is 2.31. The number of hydrogen-bond acceptors (Lipinski definition) is 5. The highest BCUT2D eigenvalue weighted by atomic mass is 32.1. The van der Waals surface area contributed by atoms with Gasteiger partial charge in [-0.25, -0.2) is 4.68 Å². The maximum absolute atomic E-state index is 9.35. The van der Waals surface area contributed by atoms with Crippen LogP contribution >= 0.6 is 11.3 Å². The largest absolute Gasteiger partial charge is 0.506 e. The van der Waals surface area contributed by atoms with Crippen LogP contribution in [-0.4, -0.2) is 25.3 Å². The van der Waals surface area contributed by atoms with Gasteiger partial charge in [0, 0.05) is 7.05 Å². The summed E-state index contributed by atoms with van der Waals surface area (Å²) < 4.78 is 1.52. The van der Waals surface area contributed by atoms with Crippen LogP contribution in [0.25, 0.3) is 10.7 Å². The van der Waals surface area contributed by atoms with Gasteiger partial charge in [0.1, 0.15) is 10.6 Å². The average molecular weight is 182 g/mol. The second-order valence-electron chi connectivity index (χ2n) is 2.26. The second kappa shape index (κ2) is 2.56. The predicted octanol–water partition coefficient (Wildman–Crippen LogP) is 0.644. The molecule has 0 aliphatic rings. The molecule has 0 fully saturated rings. The lowest BCUT2D eigenvalue weighted by atomic mass is 10.4. The van der Waals surface area contributed by atoms with Gasteiger partial charge in [-0.2, -0.15) is 0 Å². The van der Waals surface area contributed by atoms with Crippen molar-refractivity contribution in [1.82, 2.24) is 20.2 Å². The van der Waals surface area contributed by atoms with Crippen molar-refractivity contribution in [2.45, 2.75) is 0 Å². The number of rotatable bonds is 1. The van der Waals surface area contributed by atoms with Crippen molar-refractivity contribution in [1.29, 1.82) is 0 Å². The molecule has 2 heterocycles. The Labute approximate surface area is 72.3 Å². The summed E-state index contributed by atoms with van der Waals surface area (Å²) in [5.74, 6) is 0.806. The quantitative estimate of drug-likeness (QED) is 0.703. The number of tetrazole rings is 1. The van der Waals surface area contributed by atoms with Crippen LogP contribution in [0.3, 0.4) is 0 Å². The number of thiophene rings is 1. The van der Waals surface area contributed by atoms with Crippen molar-refractivity contribution in [3.8, 4) is 16.5 Å². The molecule has 5 nitrogen and oxygen atoms in total. The fraction of sp³-hybridized carbons (Fsp3) is 0.167. The average Bonchev–Trinajstić information content (AvgIpc) is 2.59. The third-order valence-corrected chi connectivity index (χ3v) is 2.37. The van der Waals surface area contributed by atoms with Gasteiger partial charge in [-0.1, -0.05) is 0 Å². The number of aromatic nitrogens is 4. The zero-order chi connectivity index (χ0) is 8.55. The highest BCUT2D eigenvalue weighted by molar-refractivity contribution is 7.13. The Morgan fingerprint density at radius 1 is 1.58 bits per heavy atom. The third-order valence-electron chi connectivity index (χ3n) is 1.47. The summed E-state index contributed by atoms with van der Waals surface area (Å²) in [4.78, 5) is 0.697. The van der Waals surface area contributed by atoms with Crippen LogP contribution in [-0.2, 0) is 7.05 Å². The summed E-state index contributed by atoms with van der Waals surface area (Å²) in [6.45, 7) is 0. The Balaban J connectivity index is 2.57. The molecule has 1 N–H and O–H groups in total. The summed E-state index contributed by atoms with van der Waals surface area (Å²) in [5.41, 5.74) is 0. The van der Waals surface area contributed by atoms with Gasteiger partial charge in [-0.3, -0.25) is 0 Å². The van der Waals surface area contributed by atoms with Gasteiger partial charge in [0.25, 0.3) is 0 Å². The van der Waals surface area contributed by atoms with E-state index in [2.05, 4.69) is 15.5 Å². The summed E-state index contributed by atoms with van der Waals surface area (Å²) in [6, 6.07) is 1.62. The minimum absolute atomic E-state index is 0.220. The van der Waals surface area contributed by atoms with Crippen molar-refractivity contribution >= 4 is 11.3 Å². The van der Waals surface area contributed by atoms with E-state index in [0.29, 0.717) is 10.7 Å². The van der Waals surface area contributed by atoms with E-state index in [4.69, 9.17) is 0 Å². The van der Waals surface area contributed by atoms with Crippen molar-refractivity contribution in [3.63, 3.8) is 0 Å². The van der Waals surface area contributed by atoms with Crippen LogP contribution in [0, 0.1) is 0 Å². The Morgan fingerprint density at radius 3 is 2.92 bits per heavy atom. The van der Waals surface area contributed by atoms with Crippen molar-refractivity contribution < 1.29 is 5.11 Å². The Bertz CT molecular complexity index is 355. The lowest BCUT2D eigenvalue weighted by Crippen LogP contribution is -1.92. The number of hydrogen-bond donors (Lipinski definition) is 1. The van der Waals surface area contributed by atoms with Gasteiger partial charge in [0.2, 0.25) is 0 Å². The standard InChI is InChI=1S/C6H6N4OS/c1-10-6(7-8-9-10)5-4(11)2-3-12-5/h2-3,11H,1H3. The molecule has 0 aliphatic heterocycles.